The highest BCUT2D eigenvalue weighted by atomic mass is 35.5. The fourth-order valence-electron chi connectivity index (χ4n) is 6.25. The number of aromatic nitrogens is 2. The number of aryl methyl sites for hydroxylation is 2. The number of carbonyl (C=O) groups is 4. The first-order chi connectivity index (χ1) is 23.4. The molecule has 0 fully saturated rings. The smallest absolute Gasteiger partial charge is 0.259 e. The molecule has 2 aliphatic rings. The Morgan fingerprint density at radius 3 is 1.65 bits per heavy atom. The van der Waals surface area contributed by atoms with Crippen molar-refractivity contribution in [2.24, 2.45) is 14.1 Å². The minimum Gasteiger partial charge on any atom is -0.398 e. The van der Waals surface area contributed by atoms with Gasteiger partial charge in [0.2, 0.25) is 11.1 Å². The molecule has 0 saturated carbocycles. The molecule has 10 nitrogen and oxygen atoms in total. The number of nitrogens with zero attached hydrogens (tertiary/aromatic N) is 4. The zero-order valence-electron chi connectivity index (χ0n) is 27.5. The second-order valence-corrected chi connectivity index (χ2v) is 12.5. The van der Waals surface area contributed by atoms with Gasteiger partial charge in [-0.3, -0.25) is 19.2 Å². The Bertz CT molecular complexity index is 2280. The molecule has 3 N–H and O–H groups in total. The average Bonchev–Trinajstić information content (AvgIpc) is 3.82. The van der Waals surface area contributed by atoms with Gasteiger partial charge in [-0.05, 0) is 83.0 Å². The summed E-state index contributed by atoms with van der Waals surface area (Å²) in [5.74, 6) is -0.156. The molecule has 0 bridgehead atoms. The van der Waals surface area contributed by atoms with E-state index in [-0.39, 0.29) is 23.0 Å². The maximum Gasteiger partial charge on any atom is 0.259 e. The van der Waals surface area contributed by atoms with Gasteiger partial charge in [0.1, 0.15) is 0 Å². The quantitative estimate of drug-likeness (QED) is 0.155. The number of rotatable bonds is 3. The lowest BCUT2D eigenvalue weighted by atomic mass is 10.1. The molecule has 4 heterocycles. The van der Waals surface area contributed by atoms with Gasteiger partial charge in [-0.15, -0.1) is 0 Å². The van der Waals surface area contributed by atoms with Gasteiger partial charge in [-0.2, -0.15) is 0 Å². The van der Waals surface area contributed by atoms with Crippen LogP contribution in [0, 0.1) is 0 Å². The number of fused-ring (bicyclic) bond motifs is 4. The summed E-state index contributed by atoms with van der Waals surface area (Å²) in [6.45, 7) is 3.76. The second-order valence-electron chi connectivity index (χ2n) is 12.0. The van der Waals surface area contributed by atoms with Crippen LogP contribution >= 0.6 is 11.6 Å². The summed E-state index contributed by atoms with van der Waals surface area (Å²) in [7, 11) is 3.99. The van der Waals surface area contributed by atoms with Crippen LogP contribution in [-0.2, 0) is 36.8 Å². The lowest BCUT2D eigenvalue weighted by molar-refractivity contribution is -0.114. The van der Waals surface area contributed by atoms with E-state index in [9.17, 15) is 19.2 Å². The zero-order chi connectivity index (χ0) is 35.0. The van der Waals surface area contributed by atoms with Crippen molar-refractivity contribution in [1.29, 1.82) is 0 Å². The van der Waals surface area contributed by atoms with Crippen molar-refractivity contribution in [2.45, 2.75) is 26.9 Å². The molecule has 6 aromatic rings. The first kappa shape index (κ1) is 33.0. The van der Waals surface area contributed by atoms with Crippen LogP contribution in [-0.4, -0.2) is 32.1 Å². The number of nitrogens with one attached hydrogen (secondary N) is 1. The largest absolute Gasteiger partial charge is 0.398 e. The maximum absolute atomic E-state index is 12.8. The number of hydrogen-bond acceptors (Lipinski definition) is 5. The number of amides is 3. The van der Waals surface area contributed by atoms with Crippen LogP contribution in [0.2, 0.25) is 0 Å². The van der Waals surface area contributed by atoms with E-state index < -0.39 is 0 Å². The number of nitrogens with two attached hydrogens (primary N) is 1. The molecule has 2 aliphatic heterocycles. The van der Waals surface area contributed by atoms with Crippen molar-refractivity contribution >= 4 is 79.1 Å². The van der Waals surface area contributed by atoms with Crippen LogP contribution in [0.15, 0.2) is 97.3 Å². The fourth-order valence-corrected chi connectivity index (χ4v) is 6.25. The van der Waals surface area contributed by atoms with E-state index in [1.807, 2.05) is 91.7 Å². The summed E-state index contributed by atoms with van der Waals surface area (Å²) in [5, 5.41) is 4.76. The van der Waals surface area contributed by atoms with Gasteiger partial charge < -0.3 is 30.0 Å². The molecule has 2 aromatic heterocycles. The third-order valence-corrected chi connectivity index (χ3v) is 8.65. The van der Waals surface area contributed by atoms with E-state index in [2.05, 4.69) is 39.7 Å². The van der Waals surface area contributed by atoms with Gasteiger partial charge in [-0.25, -0.2) is 0 Å². The Morgan fingerprint density at radius 2 is 1.16 bits per heavy atom. The molecular formula is C38H35ClN6O4. The minimum absolute atomic E-state index is 0.0193. The van der Waals surface area contributed by atoms with Gasteiger partial charge in [-0.1, -0.05) is 24.3 Å². The summed E-state index contributed by atoms with van der Waals surface area (Å²) < 4.78 is 4.09. The number of benzene rings is 4. The van der Waals surface area contributed by atoms with Gasteiger partial charge in [0.15, 0.2) is 0 Å². The summed E-state index contributed by atoms with van der Waals surface area (Å²) in [6, 6.07) is 27.2. The monoisotopic (exact) mass is 674 g/mol. The standard InChI is InChI=1S/C19H17N3O2.C17H15N3O.C2H3ClO/c1-12(23)20-17-5-3-4-15-16(17)11-22(19(15)24)14-7-6-13-8-9-21(2)18(13)10-14;1-19-8-7-11-5-6-12(9-16(11)19)20-10-14-13(17(20)21)3-2-4-15(14)18;1-2(3)4/h3-10H,11H2,1-2H3,(H,20,23);2-9H,10,18H2,1H3;1H3. The molecule has 0 radical (unpaired) electrons. The normalized spacial score (nSPS) is 13.1. The molecule has 0 aliphatic carbocycles. The molecule has 248 valence electrons. The molecule has 0 saturated heterocycles. The number of hydrogen-bond donors (Lipinski definition) is 2. The molecular weight excluding hydrogens is 640 g/mol. The molecule has 0 unspecified atom stereocenters. The van der Waals surface area contributed by atoms with Gasteiger partial charge >= 0.3 is 0 Å². The third-order valence-electron chi connectivity index (χ3n) is 8.65. The summed E-state index contributed by atoms with van der Waals surface area (Å²) >= 11 is 4.64. The SMILES string of the molecule is CC(=O)Cl.CC(=O)Nc1cccc2c1CN(c1ccc3ccn(C)c3c1)C2=O.Cn1ccc2ccc(N3Cc4c(N)cccc4C3=O)cc21. The van der Waals surface area contributed by atoms with E-state index in [4.69, 9.17) is 5.73 Å². The topological polar surface area (TPSA) is 123 Å². The van der Waals surface area contributed by atoms with Crippen LogP contribution < -0.4 is 20.9 Å². The van der Waals surface area contributed by atoms with E-state index >= 15 is 0 Å². The molecule has 8 rings (SSSR count). The lowest BCUT2D eigenvalue weighted by Crippen LogP contribution is -2.22. The predicted octanol–water partition coefficient (Wildman–Crippen LogP) is 6.99. The highest BCUT2D eigenvalue weighted by Gasteiger charge is 2.31. The van der Waals surface area contributed by atoms with Crippen molar-refractivity contribution in [3.8, 4) is 0 Å². The first-order valence-corrected chi connectivity index (χ1v) is 16.0. The zero-order valence-corrected chi connectivity index (χ0v) is 28.3. The molecule has 3 amide bonds. The average molecular weight is 675 g/mol. The Labute approximate surface area is 288 Å². The molecule has 11 heteroatoms. The van der Waals surface area contributed by atoms with Gasteiger partial charge in [0.25, 0.3) is 11.8 Å². The van der Waals surface area contributed by atoms with Crippen LogP contribution in [0.3, 0.4) is 0 Å². The van der Waals surface area contributed by atoms with E-state index in [1.165, 1.54) is 19.2 Å². The highest BCUT2D eigenvalue weighted by molar-refractivity contribution is 6.62. The predicted molar refractivity (Wildman–Crippen MR) is 195 cm³/mol. The summed E-state index contributed by atoms with van der Waals surface area (Å²) in [4.78, 5) is 49.5. The fraction of sp³-hybridized carbons (Fsp3) is 0.158. The van der Waals surface area contributed by atoms with Crippen molar-refractivity contribution in [3.63, 3.8) is 0 Å². The van der Waals surface area contributed by atoms with Crippen LogP contribution in [0.25, 0.3) is 21.8 Å². The first-order valence-electron chi connectivity index (χ1n) is 15.6. The Hall–Kier alpha value is -5.87. The van der Waals surface area contributed by atoms with Gasteiger partial charge in [0.05, 0.1) is 13.1 Å². The number of halogens is 1. The summed E-state index contributed by atoms with van der Waals surface area (Å²) in [6.07, 6.45) is 4.02. The molecule has 49 heavy (non-hydrogen) atoms. The van der Waals surface area contributed by atoms with Crippen molar-refractivity contribution < 1.29 is 19.2 Å². The Kier molecular flexibility index (Phi) is 8.99. The number of nitrogen functional groups attached to an aromatic ring is 1. The van der Waals surface area contributed by atoms with E-state index in [0.29, 0.717) is 35.6 Å². The van der Waals surface area contributed by atoms with Crippen LogP contribution in [0.4, 0.5) is 22.7 Å². The Morgan fingerprint density at radius 1 is 0.694 bits per heavy atom. The Balaban J connectivity index is 0.000000155. The van der Waals surface area contributed by atoms with Crippen molar-refractivity contribution in [2.75, 3.05) is 20.9 Å². The summed E-state index contributed by atoms with van der Waals surface area (Å²) in [5.41, 5.74) is 14.5. The van der Waals surface area contributed by atoms with E-state index in [0.717, 1.165) is 38.9 Å². The minimum atomic E-state index is -0.361. The van der Waals surface area contributed by atoms with Crippen molar-refractivity contribution in [1.82, 2.24) is 9.13 Å². The highest BCUT2D eigenvalue weighted by Crippen LogP contribution is 2.35. The molecule has 0 spiro atoms. The van der Waals surface area contributed by atoms with E-state index in [1.54, 1.807) is 15.9 Å². The number of carbonyl (C=O) groups excluding carboxylic acids is 4. The van der Waals surface area contributed by atoms with Gasteiger partial charge in [0, 0.05) is 96.4 Å². The second kappa shape index (κ2) is 13.3. The lowest BCUT2D eigenvalue weighted by Gasteiger charge is -2.16. The number of anilines is 4. The molecule has 4 aromatic carbocycles. The van der Waals surface area contributed by atoms with Crippen LogP contribution in [0.1, 0.15) is 45.7 Å². The third kappa shape index (κ3) is 6.50. The van der Waals surface area contributed by atoms with Crippen molar-refractivity contribution in [3.05, 3.63) is 120 Å². The van der Waals surface area contributed by atoms with Crippen LogP contribution in [0.5, 0.6) is 0 Å². The maximum atomic E-state index is 12.8. The molecule has 0 atom stereocenters.